The summed E-state index contributed by atoms with van der Waals surface area (Å²) >= 11 is 0. The van der Waals surface area contributed by atoms with Gasteiger partial charge in [0.05, 0.1) is 11.1 Å². The number of rotatable bonds is 6. The molecule has 192 valence electrons. The first-order valence-corrected chi connectivity index (χ1v) is 11.6. The van der Waals surface area contributed by atoms with Gasteiger partial charge < -0.3 is 30.9 Å². The summed E-state index contributed by atoms with van der Waals surface area (Å²) < 4.78 is 5.75. The van der Waals surface area contributed by atoms with Crippen LogP contribution < -0.4 is 20.7 Å². The topological polar surface area (TPSA) is 154 Å². The zero-order valence-electron chi connectivity index (χ0n) is 20.8. The number of para-hydroxylation sites is 1. The lowest BCUT2D eigenvalue weighted by molar-refractivity contribution is -0.123. The predicted octanol–water partition coefficient (Wildman–Crippen LogP) is 2.98. The number of carbonyl (C=O) groups excluding carboxylic acids is 4. The van der Waals surface area contributed by atoms with Crippen molar-refractivity contribution in [2.75, 3.05) is 18.4 Å². The number of fused-ring (bicyclic) bond motifs is 3. The number of phenolic OH excluding ortho intramolecular Hbond substituents is 2. The van der Waals surface area contributed by atoms with Gasteiger partial charge in [0.1, 0.15) is 34.0 Å². The lowest BCUT2D eigenvalue weighted by Gasteiger charge is -2.29. The lowest BCUT2D eigenvalue weighted by Crippen LogP contribution is -2.41. The molecule has 4 rings (SSSR count). The first-order valence-electron chi connectivity index (χ1n) is 11.6. The van der Waals surface area contributed by atoms with Crippen molar-refractivity contribution in [2.24, 2.45) is 0 Å². The van der Waals surface area contributed by atoms with Crippen LogP contribution in [0.15, 0.2) is 53.4 Å². The molecular weight excluding hydrogens is 478 g/mol. The molecule has 1 aliphatic carbocycles. The number of hydrogen-bond donors (Lipinski definition) is 5. The summed E-state index contributed by atoms with van der Waals surface area (Å²) in [5.74, 6) is -2.73. The molecule has 37 heavy (non-hydrogen) atoms. The van der Waals surface area contributed by atoms with Crippen LogP contribution in [0.1, 0.15) is 42.3 Å². The number of aromatic hydroxyl groups is 2. The number of urea groups is 1. The average Bonchev–Trinajstić information content (AvgIpc) is 3.14. The van der Waals surface area contributed by atoms with Gasteiger partial charge in [-0.25, -0.2) is 4.79 Å². The van der Waals surface area contributed by atoms with Crippen LogP contribution in [-0.4, -0.2) is 46.7 Å². The fourth-order valence-corrected chi connectivity index (χ4v) is 4.57. The van der Waals surface area contributed by atoms with Gasteiger partial charge in [-0.15, -0.1) is 0 Å². The molecule has 1 atom stereocenters. The van der Waals surface area contributed by atoms with Crippen molar-refractivity contribution in [3.63, 3.8) is 0 Å². The van der Waals surface area contributed by atoms with E-state index in [-0.39, 0.29) is 58.3 Å². The molecule has 10 heteroatoms. The maximum absolute atomic E-state index is 13.7. The zero-order chi connectivity index (χ0) is 27.1. The van der Waals surface area contributed by atoms with E-state index >= 15 is 0 Å². The number of carbonyl (C=O) groups is 4. The van der Waals surface area contributed by atoms with Crippen LogP contribution in [0.25, 0.3) is 0 Å². The number of amides is 2. The summed E-state index contributed by atoms with van der Waals surface area (Å²) in [6, 6.07) is 8.52. The van der Waals surface area contributed by atoms with E-state index in [1.807, 2.05) is 6.07 Å². The third-order valence-electron chi connectivity index (χ3n) is 6.59. The van der Waals surface area contributed by atoms with Crippen molar-refractivity contribution < 1.29 is 34.1 Å². The van der Waals surface area contributed by atoms with Crippen LogP contribution in [-0.2, 0) is 15.0 Å². The first kappa shape index (κ1) is 25.5. The van der Waals surface area contributed by atoms with Crippen molar-refractivity contribution >= 4 is 29.1 Å². The second kappa shape index (κ2) is 9.45. The number of phenols is 2. The zero-order valence-corrected chi connectivity index (χ0v) is 20.8. The van der Waals surface area contributed by atoms with Gasteiger partial charge in [0.2, 0.25) is 0 Å². The smallest absolute Gasteiger partial charge is 0.319 e. The largest absolute Gasteiger partial charge is 0.507 e. The molecule has 0 bridgehead atoms. The van der Waals surface area contributed by atoms with Crippen molar-refractivity contribution in [3.8, 4) is 17.2 Å². The normalized spacial score (nSPS) is 19.3. The molecule has 1 aliphatic heterocycles. The Morgan fingerprint density at radius 1 is 1.00 bits per heavy atom. The Morgan fingerprint density at radius 2 is 1.65 bits per heavy atom. The van der Waals surface area contributed by atoms with E-state index in [2.05, 4.69) is 16.0 Å². The highest BCUT2D eigenvalue weighted by Gasteiger charge is 2.56. The van der Waals surface area contributed by atoms with E-state index < -0.39 is 34.5 Å². The molecule has 1 heterocycles. The molecule has 0 spiro atoms. The first-order chi connectivity index (χ1) is 17.5. The third-order valence-corrected chi connectivity index (χ3v) is 6.59. The second-order valence-corrected chi connectivity index (χ2v) is 9.06. The Kier molecular flexibility index (Phi) is 6.51. The number of hydrogen-bond acceptors (Lipinski definition) is 8. The molecule has 0 saturated heterocycles. The molecule has 0 radical (unpaired) electrons. The number of anilines is 1. The molecular formula is C27H27N3O7. The van der Waals surface area contributed by atoms with Crippen molar-refractivity contribution in [1.82, 2.24) is 10.6 Å². The minimum atomic E-state index is -1.58. The van der Waals surface area contributed by atoms with E-state index in [1.165, 1.54) is 20.8 Å². The Bertz CT molecular complexity index is 1410. The van der Waals surface area contributed by atoms with Gasteiger partial charge in [-0.3, -0.25) is 14.4 Å². The van der Waals surface area contributed by atoms with Crippen LogP contribution in [0.4, 0.5) is 10.5 Å². The van der Waals surface area contributed by atoms with Crippen LogP contribution in [0, 0.1) is 6.92 Å². The maximum Gasteiger partial charge on any atom is 0.319 e. The number of ether oxygens (including phenoxy) is 1. The molecule has 2 aromatic carbocycles. The minimum absolute atomic E-state index is 0.0277. The van der Waals surface area contributed by atoms with Crippen LogP contribution in [0.3, 0.4) is 0 Å². The summed E-state index contributed by atoms with van der Waals surface area (Å²) in [5, 5.41) is 29.7. The number of nitrogens with one attached hydrogen (secondary N) is 3. The number of Topliss-reactive ketones (excluding diaryl/α,β-unsaturated/α-hetero) is 2. The lowest BCUT2D eigenvalue weighted by atomic mass is 9.70. The molecule has 10 nitrogen and oxygen atoms in total. The number of benzene rings is 2. The van der Waals surface area contributed by atoms with Crippen LogP contribution >= 0.6 is 0 Å². The van der Waals surface area contributed by atoms with Gasteiger partial charge in [0.15, 0.2) is 17.3 Å². The van der Waals surface area contributed by atoms with E-state index in [1.54, 1.807) is 31.2 Å². The van der Waals surface area contributed by atoms with Gasteiger partial charge in [-0.2, -0.15) is 0 Å². The molecule has 5 N–H and O–H groups in total. The van der Waals surface area contributed by atoms with Crippen LogP contribution in [0.5, 0.6) is 17.2 Å². The molecule has 0 saturated carbocycles. The van der Waals surface area contributed by atoms with E-state index in [9.17, 15) is 29.4 Å². The Balaban J connectivity index is 1.57. The number of allylic oxidation sites excluding steroid dienone is 4. The van der Waals surface area contributed by atoms with Crippen LogP contribution in [0.2, 0.25) is 0 Å². The highest BCUT2D eigenvalue weighted by Crippen LogP contribution is 2.57. The van der Waals surface area contributed by atoms with Gasteiger partial charge in [0.25, 0.3) is 0 Å². The van der Waals surface area contributed by atoms with E-state index in [0.29, 0.717) is 5.69 Å². The molecule has 2 aromatic rings. The predicted molar refractivity (Wildman–Crippen MR) is 135 cm³/mol. The van der Waals surface area contributed by atoms with Crippen molar-refractivity contribution in [2.45, 2.75) is 33.1 Å². The van der Waals surface area contributed by atoms with Gasteiger partial charge in [0, 0.05) is 36.1 Å². The van der Waals surface area contributed by atoms with E-state index in [4.69, 9.17) is 4.74 Å². The molecule has 1 unspecified atom stereocenters. The van der Waals surface area contributed by atoms with Gasteiger partial charge >= 0.3 is 6.03 Å². The second-order valence-electron chi connectivity index (χ2n) is 9.06. The Hall–Kier alpha value is -4.60. The monoisotopic (exact) mass is 505 g/mol. The summed E-state index contributed by atoms with van der Waals surface area (Å²) in [7, 11) is 0. The molecule has 2 aliphatic rings. The summed E-state index contributed by atoms with van der Waals surface area (Å²) in [5.41, 5.74) is -0.900. The standard InChI is InChI=1S/C27H27N3O7/c1-13-22(33)20(15(3)31)24-21(23(13)34)27(4)18(37-24)12-17(32)19(25(27)35)14(2)28-10-11-29-26(36)30-16-8-6-5-7-9-16/h5-9,12,28,33-34H,10-11H2,1-4H3,(H2,29,30,36). The Labute approximate surface area is 213 Å². The van der Waals surface area contributed by atoms with Crippen molar-refractivity contribution in [3.05, 3.63) is 70.1 Å². The van der Waals surface area contributed by atoms with Gasteiger partial charge in [-0.05, 0) is 39.8 Å². The fourth-order valence-electron chi connectivity index (χ4n) is 4.57. The highest BCUT2D eigenvalue weighted by molar-refractivity contribution is 6.31. The average molecular weight is 506 g/mol. The minimum Gasteiger partial charge on any atom is -0.507 e. The van der Waals surface area contributed by atoms with Crippen molar-refractivity contribution in [1.29, 1.82) is 0 Å². The quantitative estimate of drug-likeness (QED) is 0.174. The fraction of sp³-hybridized carbons (Fsp3) is 0.259. The summed E-state index contributed by atoms with van der Waals surface area (Å²) in [6.07, 6.45) is 1.16. The third kappa shape index (κ3) is 4.20. The van der Waals surface area contributed by atoms with Gasteiger partial charge in [-0.1, -0.05) is 18.2 Å². The van der Waals surface area contributed by atoms with E-state index in [0.717, 1.165) is 6.08 Å². The summed E-state index contributed by atoms with van der Waals surface area (Å²) in [6.45, 7) is 6.15. The summed E-state index contributed by atoms with van der Waals surface area (Å²) in [4.78, 5) is 51.0. The number of ketones is 3. The SMILES string of the molecule is CC(=O)c1c(O)c(C)c(O)c2c1OC1=CC(=O)C(=C(C)NCCNC(=O)Nc3ccccc3)C(=O)C12C. The maximum atomic E-state index is 13.7. The highest BCUT2D eigenvalue weighted by atomic mass is 16.5. The molecule has 0 fully saturated rings. The Morgan fingerprint density at radius 3 is 2.30 bits per heavy atom. The molecule has 0 aromatic heterocycles. The molecule has 2 amide bonds.